The Kier molecular flexibility index (Phi) is 8.64. The Bertz CT molecular complexity index is 1850. The Morgan fingerprint density at radius 1 is 1.10 bits per heavy atom. The minimum Gasteiger partial charge on any atom is -0.497 e. The number of nitrogens with one attached hydrogen (secondary N) is 1. The molecule has 3 N–H and O–H groups in total. The maximum Gasteiger partial charge on any atom is 0.519 e. The van der Waals surface area contributed by atoms with Crippen LogP contribution in [-0.4, -0.2) is 39.6 Å². The molecule has 2 aromatic carbocycles. The average molecular weight is 601 g/mol. The number of nitrogens with zero attached hydrogens (tertiary/aromatic N) is 3. The van der Waals surface area contributed by atoms with Gasteiger partial charge in [0.25, 0.3) is 5.56 Å². The van der Waals surface area contributed by atoms with Crippen LogP contribution in [0.1, 0.15) is 11.3 Å². The van der Waals surface area contributed by atoms with Gasteiger partial charge in [-0.3, -0.25) is 18.9 Å². The van der Waals surface area contributed by atoms with Crippen LogP contribution in [0.25, 0.3) is 22.5 Å². The van der Waals surface area contributed by atoms with Crippen molar-refractivity contribution in [2.45, 2.75) is 19.8 Å². The number of hydrogen-bond donors (Lipinski definition) is 2. The van der Waals surface area contributed by atoms with Crippen molar-refractivity contribution in [1.29, 1.82) is 0 Å². The van der Waals surface area contributed by atoms with Gasteiger partial charge < -0.3 is 33.1 Å². The number of aromatic amines is 1. The maximum absolute atomic E-state index is 13.7. The van der Waals surface area contributed by atoms with Crippen LogP contribution in [0.15, 0.2) is 73.3 Å². The first kappa shape index (κ1) is 29.0. The first-order valence-electron chi connectivity index (χ1n) is 12.4. The summed E-state index contributed by atoms with van der Waals surface area (Å²) in [5, 5.41) is 0. The number of imidazole rings is 1. The number of nitrogens with two attached hydrogens (primary N) is 1. The van der Waals surface area contributed by atoms with E-state index in [1.54, 1.807) is 34.9 Å². The van der Waals surface area contributed by atoms with Gasteiger partial charge in [0.15, 0.2) is 22.7 Å². The Morgan fingerprint density at radius 2 is 1.88 bits per heavy atom. The van der Waals surface area contributed by atoms with Gasteiger partial charge in [-0.25, -0.2) is 14.2 Å². The quantitative estimate of drug-likeness (QED) is 0.147. The predicted octanol–water partition coefficient (Wildman–Crippen LogP) is 3.66. The van der Waals surface area contributed by atoms with Crippen molar-refractivity contribution in [2.75, 3.05) is 25.8 Å². The van der Waals surface area contributed by atoms with Crippen LogP contribution >= 0.6 is 7.60 Å². The zero-order chi connectivity index (χ0) is 29.7. The van der Waals surface area contributed by atoms with E-state index >= 15 is 0 Å². The molecule has 0 aliphatic rings. The number of benzene rings is 2. The second kappa shape index (κ2) is 12.5. The van der Waals surface area contributed by atoms with E-state index in [-0.39, 0.29) is 48.4 Å². The molecule has 0 aliphatic carbocycles. The minimum atomic E-state index is -4.03. The van der Waals surface area contributed by atoms with Crippen LogP contribution in [0.4, 0.5) is 10.3 Å². The molecule has 220 valence electrons. The third kappa shape index (κ3) is 6.83. The van der Waals surface area contributed by atoms with E-state index in [0.717, 1.165) is 0 Å². The number of rotatable bonds is 13. The summed E-state index contributed by atoms with van der Waals surface area (Å²) in [7, 11) is -2.52. The molecule has 0 aliphatic heterocycles. The van der Waals surface area contributed by atoms with Crippen LogP contribution in [0.3, 0.4) is 0 Å². The highest BCUT2D eigenvalue weighted by Crippen LogP contribution is 2.50. The molecule has 1 unspecified atom stereocenters. The van der Waals surface area contributed by atoms with Crippen molar-refractivity contribution < 1.29 is 36.3 Å². The van der Waals surface area contributed by atoms with Crippen LogP contribution in [0, 0.1) is 5.82 Å². The van der Waals surface area contributed by atoms with Gasteiger partial charge in [-0.05, 0) is 42.0 Å². The van der Waals surface area contributed by atoms with Gasteiger partial charge >= 0.3 is 13.4 Å². The molecule has 5 aromatic rings. The number of H-pyrrole nitrogens is 1. The summed E-state index contributed by atoms with van der Waals surface area (Å²) in [5.74, 6) is -0.907. The van der Waals surface area contributed by atoms with Crippen LogP contribution in [0.5, 0.6) is 5.75 Å². The molecule has 0 spiro atoms. The minimum absolute atomic E-state index is 0.00554. The number of hydrogen-bond acceptors (Lipinski definition) is 12. The second-order valence-corrected chi connectivity index (χ2v) is 10.8. The van der Waals surface area contributed by atoms with Gasteiger partial charge in [0.1, 0.15) is 24.5 Å². The van der Waals surface area contributed by atoms with E-state index in [1.807, 2.05) is 0 Å². The molecular weight excluding hydrogens is 576 g/mol. The van der Waals surface area contributed by atoms with Gasteiger partial charge in [0, 0.05) is 12.1 Å². The fourth-order valence-electron chi connectivity index (χ4n) is 3.91. The third-order valence-corrected chi connectivity index (χ3v) is 7.47. The molecule has 42 heavy (non-hydrogen) atoms. The standard InChI is InChI=1S/C26H25FN5O9P/c1-36-19-7-5-17(6-8-19)22-20(40-26(34)41-22)13-39-42(35,38-12-16-3-2-4-18(27)11-16)15-37-10-9-32-14-29-21-23(32)30-25(28)31-24(21)33/h2-8,11,14H,9-10,12-13,15H2,1H3,(H3,28,30,31,33). The highest BCUT2D eigenvalue weighted by Gasteiger charge is 2.28. The lowest BCUT2D eigenvalue weighted by atomic mass is 10.1. The summed E-state index contributed by atoms with van der Waals surface area (Å²) in [6.45, 7) is -0.546. The number of fused-ring (bicyclic) bond motifs is 1. The zero-order valence-corrected chi connectivity index (χ0v) is 23.0. The smallest absolute Gasteiger partial charge is 0.497 e. The first-order chi connectivity index (χ1) is 20.2. The van der Waals surface area contributed by atoms with Crippen molar-refractivity contribution in [3.05, 3.63) is 93.0 Å². The number of anilines is 1. The molecule has 0 radical (unpaired) electrons. The van der Waals surface area contributed by atoms with E-state index < -0.39 is 37.7 Å². The van der Waals surface area contributed by atoms with Crippen molar-refractivity contribution in [3.8, 4) is 17.1 Å². The van der Waals surface area contributed by atoms with E-state index in [2.05, 4.69) is 15.0 Å². The number of ether oxygens (including phenoxy) is 2. The van der Waals surface area contributed by atoms with Gasteiger partial charge in [-0.2, -0.15) is 4.98 Å². The van der Waals surface area contributed by atoms with Crippen molar-refractivity contribution in [3.63, 3.8) is 0 Å². The number of nitrogen functional groups attached to an aromatic ring is 1. The summed E-state index contributed by atoms with van der Waals surface area (Å²) >= 11 is 0. The van der Waals surface area contributed by atoms with E-state index in [0.29, 0.717) is 16.9 Å². The van der Waals surface area contributed by atoms with E-state index in [1.165, 1.54) is 31.6 Å². The van der Waals surface area contributed by atoms with Crippen molar-refractivity contribution in [2.24, 2.45) is 0 Å². The number of methoxy groups -OCH3 is 1. The summed E-state index contributed by atoms with van der Waals surface area (Å²) in [5.41, 5.74) is 6.40. The fourth-order valence-corrected chi connectivity index (χ4v) is 5.14. The number of aromatic nitrogens is 4. The topological polar surface area (TPSA) is 187 Å². The molecule has 3 aromatic heterocycles. The van der Waals surface area contributed by atoms with Crippen LogP contribution in [-0.2, 0) is 38.1 Å². The Balaban J connectivity index is 1.29. The van der Waals surface area contributed by atoms with Crippen LogP contribution < -0.4 is 21.9 Å². The molecule has 0 fully saturated rings. The largest absolute Gasteiger partial charge is 0.519 e. The van der Waals surface area contributed by atoms with Gasteiger partial charge in [-0.15, -0.1) is 0 Å². The molecule has 14 nitrogen and oxygen atoms in total. The van der Waals surface area contributed by atoms with Crippen molar-refractivity contribution >= 4 is 24.7 Å². The van der Waals surface area contributed by atoms with E-state index in [4.69, 9.17) is 33.1 Å². The lowest BCUT2D eigenvalue weighted by Crippen LogP contribution is -2.13. The number of halogens is 1. The van der Waals surface area contributed by atoms with Gasteiger partial charge in [-0.1, -0.05) is 12.1 Å². The molecule has 5 rings (SSSR count). The molecule has 0 saturated carbocycles. The molecular formula is C26H25FN5O9P. The molecule has 0 saturated heterocycles. The third-order valence-electron chi connectivity index (χ3n) is 5.93. The highest BCUT2D eigenvalue weighted by molar-refractivity contribution is 7.53. The second-order valence-electron chi connectivity index (χ2n) is 8.82. The summed E-state index contributed by atoms with van der Waals surface area (Å²) < 4.78 is 61.2. The first-order valence-corrected chi connectivity index (χ1v) is 14.1. The normalized spacial score (nSPS) is 12.9. The van der Waals surface area contributed by atoms with E-state index in [9.17, 15) is 18.5 Å². The fraction of sp³-hybridized carbons (Fsp3) is 0.231. The molecule has 16 heteroatoms. The Morgan fingerprint density at radius 3 is 2.64 bits per heavy atom. The van der Waals surface area contributed by atoms with Gasteiger partial charge in [0.05, 0.1) is 26.7 Å². The van der Waals surface area contributed by atoms with Crippen LogP contribution in [0.2, 0.25) is 0 Å². The summed E-state index contributed by atoms with van der Waals surface area (Å²) in [4.78, 5) is 34.4. The summed E-state index contributed by atoms with van der Waals surface area (Å²) in [6.07, 6.45) is 0.888. The maximum atomic E-state index is 13.7. The predicted molar refractivity (Wildman–Crippen MR) is 146 cm³/mol. The Hall–Kier alpha value is -4.56. The SMILES string of the molecule is COc1ccc(-c2oc(=O)oc2COP(=O)(COCCn2cnc3c(=O)[nH]c(N)nc32)OCc2cccc(F)c2)cc1. The molecule has 0 bridgehead atoms. The summed E-state index contributed by atoms with van der Waals surface area (Å²) in [6, 6.07) is 12.2. The Labute approximate surface area is 236 Å². The monoisotopic (exact) mass is 601 g/mol. The zero-order valence-electron chi connectivity index (χ0n) is 22.2. The molecule has 0 amide bonds. The van der Waals surface area contributed by atoms with Gasteiger partial charge in [0.2, 0.25) is 5.95 Å². The highest BCUT2D eigenvalue weighted by atomic mass is 31.2. The lowest BCUT2D eigenvalue weighted by molar-refractivity contribution is 0.114. The average Bonchev–Trinajstić information content (AvgIpc) is 3.56. The van der Waals surface area contributed by atoms with Crippen molar-refractivity contribution in [1.82, 2.24) is 19.5 Å². The molecule has 1 atom stereocenters. The lowest BCUT2D eigenvalue weighted by Gasteiger charge is -2.18. The molecule has 3 heterocycles.